The zero-order valence-corrected chi connectivity index (χ0v) is 8.85. The third-order valence-corrected chi connectivity index (χ3v) is 1.22. The highest BCUT2D eigenvalue weighted by atomic mass is 16.6. The second-order valence-corrected chi connectivity index (χ2v) is 3.81. The molecule has 5 heteroatoms. The summed E-state index contributed by atoms with van der Waals surface area (Å²) in [4.78, 5) is 20.8. The van der Waals surface area contributed by atoms with E-state index in [1.807, 2.05) is 0 Å². The molecule has 0 unspecified atom stereocenters. The Bertz CT molecular complexity index is 187. The van der Waals surface area contributed by atoms with Crippen LogP contribution < -0.4 is 10.6 Å². The number of rotatable bonds is 5. The predicted octanol–water partition coefficient (Wildman–Crippen LogP) is 0.558. The molecule has 5 nitrogen and oxygen atoms in total. The summed E-state index contributed by atoms with van der Waals surface area (Å²) >= 11 is 0. The SMILES string of the molecule is CC(C)(C)OC(=O)NCCCN[C]=O. The molecule has 0 fully saturated rings. The second kappa shape index (κ2) is 6.23. The van der Waals surface area contributed by atoms with Gasteiger partial charge in [0.25, 0.3) is 0 Å². The molecule has 14 heavy (non-hydrogen) atoms. The minimum atomic E-state index is -0.473. The van der Waals surface area contributed by atoms with Crippen molar-refractivity contribution in [3.8, 4) is 0 Å². The lowest BCUT2D eigenvalue weighted by atomic mass is 10.2. The van der Waals surface area contributed by atoms with Crippen molar-refractivity contribution in [2.45, 2.75) is 32.8 Å². The summed E-state index contributed by atoms with van der Waals surface area (Å²) in [6, 6.07) is 0. The number of hydrogen-bond donors (Lipinski definition) is 2. The third-order valence-electron chi connectivity index (χ3n) is 1.22. The third kappa shape index (κ3) is 8.83. The van der Waals surface area contributed by atoms with Gasteiger partial charge in [0, 0.05) is 13.1 Å². The highest BCUT2D eigenvalue weighted by Crippen LogP contribution is 2.05. The lowest BCUT2D eigenvalue weighted by Gasteiger charge is -2.19. The highest BCUT2D eigenvalue weighted by Gasteiger charge is 2.15. The van der Waals surface area contributed by atoms with Gasteiger partial charge in [0.2, 0.25) is 0 Å². The molecule has 1 radical (unpaired) electrons. The summed E-state index contributed by atoms with van der Waals surface area (Å²) in [5, 5.41) is 4.94. The van der Waals surface area contributed by atoms with Gasteiger partial charge >= 0.3 is 12.5 Å². The number of carbonyl (C=O) groups excluding carboxylic acids is 2. The van der Waals surface area contributed by atoms with Crippen LogP contribution in [-0.2, 0) is 9.53 Å². The maximum Gasteiger partial charge on any atom is 0.407 e. The lowest BCUT2D eigenvalue weighted by molar-refractivity contribution is 0.0527. The standard InChI is InChI=1S/C9H17N2O3/c1-9(2,3)14-8(13)11-6-4-5-10-7-12/h4-6H2,1-3H3,(H,10,12)(H,11,13). The number of ether oxygens (including phenoxy) is 1. The van der Waals surface area contributed by atoms with E-state index < -0.39 is 11.7 Å². The van der Waals surface area contributed by atoms with Gasteiger partial charge in [0.1, 0.15) is 5.60 Å². The molecule has 0 aliphatic carbocycles. The van der Waals surface area contributed by atoms with E-state index in [0.29, 0.717) is 19.5 Å². The van der Waals surface area contributed by atoms with Crippen LogP contribution in [0.15, 0.2) is 0 Å². The Labute approximate surface area is 84.2 Å². The van der Waals surface area contributed by atoms with Crippen LogP contribution in [0.2, 0.25) is 0 Å². The maximum atomic E-state index is 11.1. The van der Waals surface area contributed by atoms with Crippen molar-refractivity contribution in [3.63, 3.8) is 0 Å². The number of hydrogen-bond acceptors (Lipinski definition) is 3. The first-order valence-electron chi connectivity index (χ1n) is 4.52. The van der Waals surface area contributed by atoms with Crippen molar-refractivity contribution < 1.29 is 14.3 Å². The van der Waals surface area contributed by atoms with Crippen LogP contribution >= 0.6 is 0 Å². The van der Waals surface area contributed by atoms with E-state index in [4.69, 9.17) is 4.74 Å². The highest BCUT2D eigenvalue weighted by molar-refractivity contribution is 5.67. The molecule has 0 bridgehead atoms. The summed E-state index contributed by atoms with van der Waals surface area (Å²) in [6.45, 7) is 6.38. The van der Waals surface area contributed by atoms with Crippen LogP contribution in [0.3, 0.4) is 0 Å². The van der Waals surface area contributed by atoms with E-state index in [1.165, 1.54) is 0 Å². The molecule has 0 atom stereocenters. The first-order chi connectivity index (χ1) is 6.45. The molecule has 0 spiro atoms. The van der Waals surface area contributed by atoms with Crippen molar-refractivity contribution in [1.29, 1.82) is 0 Å². The minimum absolute atomic E-state index is 0.437. The van der Waals surface area contributed by atoms with E-state index in [2.05, 4.69) is 10.6 Å². The molecule has 0 aliphatic rings. The van der Waals surface area contributed by atoms with Gasteiger partial charge in [-0.25, -0.2) is 4.79 Å². The van der Waals surface area contributed by atoms with E-state index in [9.17, 15) is 9.59 Å². The molecule has 0 saturated carbocycles. The van der Waals surface area contributed by atoms with Gasteiger partial charge in [-0.1, -0.05) is 0 Å². The van der Waals surface area contributed by atoms with Crippen molar-refractivity contribution >= 4 is 12.5 Å². The van der Waals surface area contributed by atoms with Crippen molar-refractivity contribution in [1.82, 2.24) is 10.6 Å². The average molecular weight is 201 g/mol. The number of alkyl carbamates (subject to hydrolysis) is 1. The summed E-state index contributed by atoms with van der Waals surface area (Å²) < 4.78 is 5.00. The van der Waals surface area contributed by atoms with Gasteiger partial charge in [-0.05, 0) is 27.2 Å². The van der Waals surface area contributed by atoms with Crippen molar-refractivity contribution in [3.05, 3.63) is 0 Å². The van der Waals surface area contributed by atoms with Gasteiger partial charge in [-0.3, -0.25) is 4.79 Å². The first kappa shape index (κ1) is 12.7. The van der Waals surface area contributed by atoms with Gasteiger partial charge in [0.05, 0.1) is 0 Å². The molecule has 0 saturated heterocycles. The van der Waals surface area contributed by atoms with Crippen molar-refractivity contribution in [2.75, 3.05) is 13.1 Å². The molecular formula is C9H17N2O3. The average Bonchev–Trinajstić information content (AvgIpc) is 2.00. The van der Waals surface area contributed by atoms with Gasteiger partial charge in [-0.2, -0.15) is 0 Å². The van der Waals surface area contributed by atoms with Gasteiger partial charge in [0.15, 0.2) is 0 Å². The molecule has 2 amide bonds. The van der Waals surface area contributed by atoms with E-state index in [0.717, 1.165) is 0 Å². The van der Waals surface area contributed by atoms with Crippen LogP contribution in [0.5, 0.6) is 0 Å². The monoisotopic (exact) mass is 201 g/mol. The van der Waals surface area contributed by atoms with Crippen LogP contribution in [0.4, 0.5) is 4.79 Å². The molecule has 0 aromatic rings. The Hall–Kier alpha value is -1.26. The van der Waals surface area contributed by atoms with Gasteiger partial charge < -0.3 is 15.4 Å². The quantitative estimate of drug-likeness (QED) is 0.504. The fourth-order valence-corrected chi connectivity index (χ4v) is 0.732. The fourth-order valence-electron chi connectivity index (χ4n) is 0.732. The smallest absolute Gasteiger partial charge is 0.407 e. The fraction of sp³-hybridized carbons (Fsp3) is 0.778. The topological polar surface area (TPSA) is 67.4 Å². The van der Waals surface area contributed by atoms with Crippen LogP contribution in [-0.4, -0.2) is 31.2 Å². The molecule has 0 rings (SSSR count). The minimum Gasteiger partial charge on any atom is -0.444 e. The zero-order valence-electron chi connectivity index (χ0n) is 8.85. The second-order valence-electron chi connectivity index (χ2n) is 3.81. The maximum absolute atomic E-state index is 11.1. The Morgan fingerprint density at radius 2 is 2.00 bits per heavy atom. The Balaban J connectivity index is 3.41. The number of amides is 2. The molecule has 0 heterocycles. The number of carbonyl (C=O) groups is 1. The summed E-state index contributed by atoms with van der Waals surface area (Å²) in [7, 11) is 0. The van der Waals surface area contributed by atoms with E-state index >= 15 is 0 Å². The largest absolute Gasteiger partial charge is 0.444 e. The van der Waals surface area contributed by atoms with Crippen molar-refractivity contribution in [2.24, 2.45) is 0 Å². The lowest BCUT2D eigenvalue weighted by Crippen LogP contribution is -2.33. The molecule has 0 aliphatic heterocycles. The Kier molecular flexibility index (Phi) is 5.67. The van der Waals surface area contributed by atoms with Crippen LogP contribution in [0, 0.1) is 0 Å². The molecular weight excluding hydrogens is 184 g/mol. The molecule has 2 N–H and O–H groups in total. The zero-order chi connectivity index (χ0) is 11.0. The summed E-state index contributed by atoms with van der Waals surface area (Å²) in [5.41, 5.74) is -0.473. The Morgan fingerprint density at radius 1 is 1.36 bits per heavy atom. The number of nitrogens with one attached hydrogen (secondary N) is 2. The Morgan fingerprint density at radius 3 is 2.50 bits per heavy atom. The molecule has 0 aromatic heterocycles. The van der Waals surface area contributed by atoms with Gasteiger partial charge in [-0.15, -0.1) is 0 Å². The predicted molar refractivity (Wildman–Crippen MR) is 52.5 cm³/mol. The summed E-state index contributed by atoms with van der Waals surface area (Å²) in [5.74, 6) is 0. The van der Waals surface area contributed by atoms with E-state index in [-0.39, 0.29) is 0 Å². The first-order valence-corrected chi connectivity index (χ1v) is 4.52. The molecule has 81 valence electrons. The molecule has 0 aromatic carbocycles. The normalized spacial score (nSPS) is 10.5. The van der Waals surface area contributed by atoms with E-state index in [1.54, 1.807) is 27.2 Å². The summed E-state index contributed by atoms with van der Waals surface area (Å²) in [6.07, 6.45) is 1.77. The van der Waals surface area contributed by atoms with Crippen LogP contribution in [0.25, 0.3) is 0 Å². The van der Waals surface area contributed by atoms with Crippen LogP contribution in [0.1, 0.15) is 27.2 Å².